The number of rotatable bonds is 4. The van der Waals surface area contributed by atoms with Gasteiger partial charge >= 0.3 is 5.97 Å². The summed E-state index contributed by atoms with van der Waals surface area (Å²) >= 11 is 0. The number of H-pyrrole nitrogens is 1. The molecule has 1 N–H and O–H groups in total. The maximum absolute atomic E-state index is 11.9. The Bertz CT molecular complexity index is 659. The third-order valence-electron chi connectivity index (χ3n) is 4.05. The summed E-state index contributed by atoms with van der Waals surface area (Å²) in [6, 6.07) is 8.01. The molecule has 4 nitrogen and oxygen atoms in total. The van der Waals surface area contributed by atoms with Crippen LogP contribution in [0.2, 0.25) is 0 Å². The molecule has 0 bridgehead atoms. The standard InChI is InChI=1S/C17H19NO3/c19-15-7-3-4-8-16(15)21-17(20)10-9-12-11-18-14-6-2-1-5-13(12)14/h1-2,5-6,11,16,18H,3-4,7-10H2. The number of hydrogen-bond donors (Lipinski definition) is 1. The zero-order chi connectivity index (χ0) is 14.7. The van der Waals surface area contributed by atoms with E-state index in [9.17, 15) is 9.59 Å². The number of ether oxygens (including phenoxy) is 1. The number of hydrogen-bond acceptors (Lipinski definition) is 3. The molecule has 1 atom stereocenters. The molecule has 1 aliphatic rings. The van der Waals surface area contributed by atoms with Gasteiger partial charge in [-0.15, -0.1) is 0 Å². The predicted octanol–water partition coefficient (Wildman–Crippen LogP) is 3.16. The fourth-order valence-corrected chi connectivity index (χ4v) is 2.87. The number of fused-ring (bicyclic) bond motifs is 1. The molecule has 2 aromatic rings. The molecule has 0 saturated heterocycles. The number of benzene rings is 1. The van der Waals surface area contributed by atoms with E-state index in [1.54, 1.807) is 0 Å². The minimum absolute atomic E-state index is 0.0710. The number of aromatic amines is 1. The topological polar surface area (TPSA) is 59.2 Å². The molecule has 1 aromatic heterocycles. The molecule has 3 rings (SSSR count). The highest BCUT2D eigenvalue weighted by molar-refractivity contribution is 5.86. The molecular formula is C17H19NO3. The Morgan fingerprint density at radius 3 is 3.00 bits per heavy atom. The minimum atomic E-state index is -0.505. The van der Waals surface area contributed by atoms with Gasteiger partial charge in [-0.3, -0.25) is 9.59 Å². The lowest BCUT2D eigenvalue weighted by molar-refractivity contribution is -0.156. The van der Waals surface area contributed by atoms with Gasteiger partial charge in [0.05, 0.1) is 0 Å². The van der Waals surface area contributed by atoms with Crippen molar-refractivity contribution in [2.45, 2.75) is 44.6 Å². The molecule has 0 spiro atoms. The lowest BCUT2D eigenvalue weighted by Gasteiger charge is -2.20. The van der Waals surface area contributed by atoms with Crippen molar-refractivity contribution in [2.24, 2.45) is 0 Å². The smallest absolute Gasteiger partial charge is 0.306 e. The maximum Gasteiger partial charge on any atom is 0.306 e. The molecule has 4 heteroatoms. The first-order valence-corrected chi connectivity index (χ1v) is 7.51. The fraction of sp³-hybridized carbons (Fsp3) is 0.412. The summed E-state index contributed by atoms with van der Waals surface area (Å²) in [7, 11) is 0. The molecule has 1 saturated carbocycles. The highest BCUT2D eigenvalue weighted by atomic mass is 16.5. The van der Waals surface area contributed by atoms with Crippen LogP contribution in [0.3, 0.4) is 0 Å². The Labute approximate surface area is 123 Å². The van der Waals surface area contributed by atoms with Crippen LogP contribution in [0.5, 0.6) is 0 Å². The number of Topliss-reactive ketones (excluding diaryl/α,β-unsaturated/α-hetero) is 1. The molecular weight excluding hydrogens is 266 g/mol. The van der Waals surface area contributed by atoms with Crippen molar-refractivity contribution in [3.63, 3.8) is 0 Å². The molecule has 1 fully saturated rings. The number of carbonyl (C=O) groups excluding carboxylic acids is 2. The molecule has 0 radical (unpaired) electrons. The Morgan fingerprint density at radius 1 is 1.29 bits per heavy atom. The molecule has 21 heavy (non-hydrogen) atoms. The van der Waals surface area contributed by atoms with E-state index in [2.05, 4.69) is 4.98 Å². The summed E-state index contributed by atoms with van der Waals surface area (Å²) in [4.78, 5) is 26.8. The second kappa shape index (κ2) is 6.12. The fourth-order valence-electron chi connectivity index (χ4n) is 2.87. The predicted molar refractivity (Wildman–Crippen MR) is 80.0 cm³/mol. The van der Waals surface area contributed by atoms with Crippen LogP contribution in [0.4, 0.5) is 0 Å². The van der Waals surface area contributed by atoms with Gasteiger partial charge in [-0.25, -0.2) is 0 Å². The highest BCUT2D eigenvalue weighted by Crippen LogP contribution is 2.21. The van der Waals surface area contributed by atoms with Gasteiger partial charge in [-0.2, -0.15) is 0 Å². The summed E-state index contributed by atoms with van der Waals surface area (Å²) in [5.41, 5.74) is 2.18. The Balaban J connectivity index is 1.57. The zero-order valence-corrected chi connectivity index (χ0v) is 11.9. The monoisotopic (exact) mass is 285 g/mol. The van der Waals surface area contributed by atoms with E-state index < -0.39 is 6.10 Å². The van der Waals surface area contributed by atoms with E-state index in [1.165, 1.54) is 0 Å². The van der Waals surface area contributed by atoms with Gasteiger partial charge in [0.1, 0.15) is 0 Å². The van der Waals surface area contributed by atoms with Crippen molar-refractivity contribution < 1.29 is 14.3 Å². The SMILES string of the molecule is O=C(CCc1c[nH]c2ccccc12)OC1CCCCC1=O. The molecule has 1 aliphatic carbocycles. The summed E-state index contributed by atoms with van der Waals surface area (Å²) in [5, 5.41) is 1.14. The first kappa shape index (κ1) is 13.9. The minimum Gasteiger partial charge on any atom is -0.454 e. The Kier molecular flexibility index (Phi) is 4.04. The third kappa shape index (κ3) is 3.15. The van der Waals surface area contributed by atoms with E-state index in [4.69, 9.17) is 4.74 Å². The van der Waals surface area contributed by atoms with Crippen LogP contribution in [-0.4, -0.2) is 22.8 Å². The molecule has 1 unspecified atom stereocenters. The average Bonchev–Trinajstić information content (AvgIpc) is 2.91. The van der Waals surface area contributed by atoms with Crippen LogP contribution in [0.15, 0.2) is 30.5 Å². The summed E-state index contributed by atoms with van der Waals surface area (Å²) in [6.07, 6.45) is 5.47. The van der Waals surface area contributed by atoms with Crippen LogP contribution in [0.25, 0.3) is 10.9 Å². The number of carbonyl (C=O) groups is 2. The molecule has 0 aliphatic heterocycles. The first-order valence-electron chi connectivity index (χ1n) is 7.51. The number of aryl methyl sites for hydroxylation is 1. The number of ketones is 1. The molecule has 0 amide bonds. The van der Waals surface area contributed by atoms with Crippen LogP contribution >= 0.6 is 0 Å². The van der Waals surface area contributed by atoms with E-state index in [-0.39, 0.29) is 11.8 Å². The van der Waals surface area contributed by atoms with Gasteiger partial charge in [0.2, 0.25) is 0 Å². The largest absolute Gasteiger partial charge is 0.454 e. The zero-order valence-electron chi connectivity index (χ0n) is 11.9. The summed E-state index contributed by atoms with van der Waals surface area (Å²) < 4.78 is 5.32. The van der Waals surface area contributed by atoms with Gasteiger partial charge in [0.15, 0.2) is 11.9 Å². The van der Waals surface area contributed by atoms with E-state index in [0.29, 0.717) is 25.7 Å². The first-order chi connectivity index (χ1) is 10.2. The van der Waals surface area contributed by atoms with Crippen LogP contribution in [-0.2, 0) is 20.7 Å². The van der Waals surface area contributed by atoms with E-state index in [0.717, 1.165) is 29.3 Å². The van der Waals surface area contributed by atoms with Crippen molar-refractivity contribution in [1.82, 2.24) is 4.98 Å². The Hall–Kier alpha value is -2.10. The highest BCUT2D eigenvalue weighted by Gasteiger charge is 2.25. The summed E-state index contributed by atoms with van der Waals surface area (Å²) in [6.45, 7) is 0. The molecule has 1 heterocycles. The lowest BCUT2D eigenvalue weighted by Crippen LogP contribution is -2.30. The second-order valence-corrected chi connectivity index (χ2v) is 5.55. The van der Waals surface area contributed by atoms with Crippen molar-refractivity contribution in [1.29, 1.82) is 0 Å². The van der Waals surface area contributed by atoms with Crippen LogP contribution < -0.4 is 0 Å². The van der Waals surface area contributed by atoms with Crippen LogP contribution in [0, 0.1) is 0 Å². The average molecular weight is 285 g/mol. The number of esters is 1. The van der Waals surface area contributed by atoms with Gasteiger partial charge in [0, 0.05) is 29.9 Å². The Morgan fingerprint density at radius 2 is 2.14 bits per heavy atom. The number of nitrogens with one attached hydrogen (secondary N) is 1. The number of para-hydroxylation sites is 1. The maximum atomic E-state index is 11.9. The van der Waals surface area contributed by atoms with Crippen molar-refractivity contribution >= 4 is 22.7 Å². The van der Waals surface area contributed by atoms with Crippen LogP contribution in [0.1, 0.15) is 37.7 Å². The normalized spacial score (nSPS) is 18.9. The van der Waals surface area contributed by atoms with E-state index in [1.807, 2.05) is 30.5 Å². The van der Waals surface area contributed by atoms with Gasteiger partial charge in [0.25, 0.3) is 0 Å². The van der Waals surface area contributed by atoms with E-state index >= 15 is 0 Å². The summed E-state index contributed by atoms with van der Waals surface area (Å²) in [5.74, 6) is -0.206. The quantitative estimate of drug-likeness (QED) is 0.878. The second-order valence-electron chi connectivity index (χ2n) is 5.55. The van der Waals surface area contributed by atoms with Crippen molar-refractivity contribution in [3.05, 3.63) is 36.0 Å². The van der Waals surface area contributed by atoms with Gasteiger partial charge in [-0.05, 0) is 37.3 Å². The molecule has 110 valence electrons. The third-order valence-corrected chi connectivity index (χ3v) is 4.05. The molecule has 1 aromatic carbocycles. The van der Waals surface area contributed by atoms with Crippen molar-refractivity contribution in [2.75, 3.05) is 0 Å². The van der Waals surface area contributed by atoms with Gasteiger partial charge in [-0.1, -0.05) is 18.2 Å². The lowest BCUT2D eigenvalue weighted by atomic mass is 9.96. The van der Waals surface area contributed by atoms with Crippen molar-refractivity contribution in [3.8, 4) is 0 Å². The number of aromatic nitrogens is 1. The van der Waals surface area contributed by atoms with Gasteiger partial charge < -0.3 is 9.72 Å².